The van der Waals surface area contributed by atoms with E-state index in [1.807, 2.05) is 13.8 Å². The van der Waals surface area contributed by atoms with Crippen LogP contribution < -0.4 is 4.72 Å². The van der Waals surface area contributed by atoms with Crippen LogP contribution in [0.1, 0.15) is 36.1 Å². The number of thiazole rings is 1. The Morgan fingerprint density at radius 2 is 2.16 bits per heavy atom. The number of thioether (sulfide) groups is 1. The van der Waals surface area contributed by atoms with Crippen LogP contribution in [0.3, 0.4) is 0 Å². The van der Waals surface area contributed by atoms with E-state index in [1.54, 1.807) is 10.8 Å². The predicted molar refractivity (Wildman–Crippen MR) is 121 cm³/mol. The number of nitrogens with zero attached hydrogens (tertiary/aromatic N) is 3. The Morgan fingerprint density at radius 3 is 2.78 bits per heavy atom. The molecule has 0 bridgehead atoms. The molecule has 172 valence electrons. The van der Waals surface area contributed by atoms with Gasteiger partial charge in [0.2, 0.25) is 10.0 Å². The highest BCUT2D eigenvalue weighted by Crippen LogP contribution is 2.42. The Hall–Kier alpha value is -1.60. The van der Waals surface area contributed by atoms with Crippen molar-refractivity contribution in [3.63, 3.8) is 0 Å². The second-order valence-corrected chi connectivity index (χ2v) is 13.3. The van der Waals surface area contributed by atoms with E-state index in [0.29, 0.717) is 24.8 Å². The normalized spacial score (nSPS) is 27.2. The second-order valence-electron chi connectivity index (χ2n) is 8.96. The minimum atomic E-state index is -3.77. The van der Waals surface area contributed by atoms with Crippen LogP contribution in [0.5, 0.6) is 0 Å². The van der Waals surface area contributed by atoms with E-state index in [9.17, 15) is 18.0 Å². The first kappa shape index (κ1) is 22.2. The van der Waals surface area contributed by atoms with Crippen molar-refractivity contribution in [2.24, 2.45) is 11.8 Å². The van der Waals surface area contributed by atoms with Crippen LogP contribution >= 0.6 is 23.1 Å². The molecule has 1 aromatic rings. The maximum absolute atomic E-state index is 13.4. The summed E-state index contributed by atoms with van der Waals surface area (Å²) in [4.78, 5) is 33.0. The molecule has 12 heteroatoms. The van der Waals surface area contributed by atoms with Crippen molar-refractivity contribution >= 4 is 50.1 Å². The number of sulfonamides is 1. The van der Waals surface area contributed by atoms with Gasteiger partial charge in [-0.3, -0.25) is 0 Å². The van der Waals surface area contributed by atoms with Crippen molar-refractivity contribution in [3.05, 3.63) is 26.4 Å². The molecule has 1 saturated heterocycles. The van der Waals surface area contributed by atoms with Gasteiger partial charge in [-0.25, -0.2) is 22.9 Å². The molecular weight excluding hydrogens is 472 g/mol. The lowest BCUT2D eigenvalue weighted by atomic mass is 10.1. The largest absolute Gasteiger partial charge is 0.501 e. The SMILES string of the molecule is Cc1ncc(CN2C(=O)C3C=C(S(=O)(=O)NC4(C)CC4)SC3=[N+](CC3CCOC3)C2=O)s1. The quantitative estimate of drug-likeness (QED) is 0.574. The number of hydrogen-bond donors (Lipinski definition) is 1. The maximum Gasteiger partial charge on any atom is 0.501 e. The minimum Gasteiger partial charge on any atom is -0.381 e. The first-order chi connectivity index (χ1) is 15.2. The first-order valence-corrected chi connectivity index (χ1v) is 13.7. The third kappa shape index (κ3) is 4.18. The number of ether oxygens (including phenoxy) is 1. The summed E-state index contributed by atoms with van der Waals surface area (Å²) in [5, 5.41) is 1.33. The van der Waals surface area contributed by atoms with Gasteiger partial charge in [-0.05, 0) is 50.9 Å². The smallest absolute Gasteiger partial charge is 0.381 e. The third-order valence-electron chi connectivity index (χ3n) is 6.13. The lowest BCUT2D eigenvalue weighted by molar-refractivity contribution is -0.446. The number of rotatable bonds is 7. The molecule has 3 aliphatic heterocycles. The van der Waals surface area contributed by atoms with E-state index < -0.39 is 33.4 Å². The van der Waals surface area contributed by atoms with E-state index in [1.165, 1.54) is 22.3 Å². The Labute approximate surface area is 195 Å². The monoisotopic (exact) mass is 497 g/mol. The molecule has 5 rings (SSSR count). The fraction of sp³-hybridized carbons (Fsp3) is 0.600. The summed E-state index contributed by atoms with van der Waals surface area (Å²) in [6.45, 7) is 5.45. The third-order valence-corrected chi connectivity index (χ3v) is 10.4. The molecule has 1 aliphatic carbocycles. The molecule has 0 aromatic carbocycles. The van der Waals surface area contributed by atoms with Gasteiger partial charge in [0.1, 0.15) is 16.7 Å². The predicted octanol–water partition coefficient (Wildman–Crippen LogP) is 2.04. The van der Waals surface area contributed by atoms with Gasteiger partial charge in [0.25, 0.3) is 0 Å². The van der Waals surface area contributed by atoms with Gasteiger partial charge in [0.05, 0.1) is 23.0 Å². The number of aromatic nitrogens is 1. The van der Waals surface area contributed by atoms with E-state index >= 15 is 0 Å². The molecule has 32 heavy (non-hydrogen) atoms. The van der Waals surface area contributed by atoms with Crippen molar-refractivity contribution in [3.8, 4) is 0 Å². The topological polar surface area (TPSA) is 109 Å². The van der Waals surface area contributed by atoms with Crippen LogP contribution in [0.25, 0.3) is 0 Å². The van der Waals surface area contributed by atoms with Crippen molar-refractivity contribution < 1.29 is 27.3 Å². The molecule has 4 aliphatic rings. The summed E-state index contributed by atoms with van der Waals surface area (Å²) in [5.74, 6) is -1.03. The number of aryl methyl sites for hydroxylation is 1. The van der Waals surface area contributed by atoms with Crippen molar-refractivity contribution in [2.45, 2.75) is 45.2 Å². The van der Waals surface area contributed by atoms with Crippen LogP contribution in [-0.2, 0) is 26.1 Å². The number of fused-ring (bicyclic) bond motifs is 1. The Bertz CT molecular complexity index is 1150. The van der Waals surface area contributed by atoms with Gasteiger partial charge in [-0.2, -0.15) is 14.3 Å². The molecule has 2 atom stereocenters. The summed E-state index contributed by atoms with van der Waals surface area (Å²) in [6.07, 6.45) is 5.57. The summed E-state index contributed by atoms with van der Waals surface area (Å²) in [5.41, 5.74) is -0.421. The Morgan fingerprint density at radius 1 is 1.38 bits per heavy atom. The van der Waals surface area contributed by atoms with Gasteiger partial charge < -0.3 is 4.74 Å². The standard InChI is InChI=1S/C20H25N4O5S3/c1-12-21-8-14(30-12)10-23-17(25)15-7-16(32(27,28)22-20(2)4-5-20)31-18(15)24(19(23)26)9-13-3-6-29-11-13/h7-8,13,15,22H,3-6,9-11H2,1-2H3/q+1. The zero-order valence-corrected chi connectivity index (χ0v) is 20.3. The Kier molecular flexibility index (Phi) is 5.56. The number of urea groups is 1. The molecule has 0 spiro atoms. The molecule has 0 radical (unpaired) electrons. The first-order valence-electron chi connectivity index (χ1n) is 10.6. The fourth-order valence-electron chi connectivity index (χ4n) is 4.05. The van der Waals surface area contributed by atoms with Crippen LogP contribution in [-0.4, -0.2) is 65.2 Å². The fourth-order valence-corrected chi connectivity index (χ4v) is 7.89. The molecule has 4 heterocycles. The molecule has 2 unspecified atom stereocenters. The van der Waals surface area contributed by atoms with E-state index in [-0.39, 0.29) is 16.7 Å². The molecule has 9 nitrogen and oxygen atoms in total. The van der Waals surface area contributed by atoms with Gasteiger partial charge >= 0.3 is 11.9 Å². The average molecular weight is 498 g/mol. The van der Waals surface area contributed by atoms with Gasteiger partial charge in [-0.1, -0.05) is 0 Å². The molecule has 1 aromatic heterocycles. The van der Waals surface area contributed by atoms with E-state index in [2.05, 4.69) is 9.71 Å². The summed E-state index contributed by atoms with van der Waals surface area (Å²) in [7, 11) is -3.77. The van der Waals surface area contributed by atoms with Gasteiger partial charge in [0.15, 0.2) is 5.04 Å². The lowest BCUT2D eigenvalue weighted by Crippen LogP contribution is -2.53. The summed E-state index contributed by atoms with van der Waals surface area (Å²) in [6, 6.07) is -0.416. The van der Waals surface area contributed by atoms with Crippen LogP contribution in [0.15, 0.2) is 16.5 Å². The molecule has 1 saturated carbocycles. The van der Waals surface area contributed by atoms with E-state index in [4.69, 9.17) is 4.74 Å². The molecule has 1 N–H and O–H groups in total. The van der Waals surface area contributed by atoms with E-state index in [0.717, 1.165) is 40.9 Å². The van der Waals surface area contributed by atoms with Crippen molar-refractivity contribution in [1.82, 2.24) is 14.6 Å². The van der Waals surface area contributed by atoms with Gasteiger partial charge in [0, 0.05) is 24.3 Å². The number of carbonyl (C=O) groups is 2. The lowest BCUT2D eigenvalue weighted by Gasteiger charge is -2.24. The molecule has 2 fully saturated rings. The number of imide groups is 1. The molecule has 3 amide bonds. The maximum atomic E-state index is 13.4. The van der Waals surface area contributed by atoms with Crippen LogP contribution in [0, 0.1) is 18.8 Å². The van der Waals surface area contributed by atoms with Gasteiger partial charge in [-0.15, -0.1) is 11.3 Å². The zero-order chi connectivity index (χ0) is 22.7. The molecular formula is C20H25N4O5S3+. The summed E-state index contributed by atoms with van der Waals surface area (Å²) >= 11 is 2.45. The number of hydrogen-bond acceptors (Lipinski definition) is 8. The summed E-state index contributed by atoms with van der Waals surface area (Å²) < 4.78 is 35.8. The highest BCUT2D eigenvalue weighted by atomic mass is 32.3. The second kappa shape index (κ2) is 8.01. The Balaban J connectivity index is 1.48. The minimum absolute atomic E-state index is 0.0925. The van der Waals surface area contributed by atoms with Crippen LogP contribution in [0.2, 0.25) is 0 Å². The van der Waals surface area contributed by atoms with Crippen molar-refractivity contribution in [2.75, 3.05) is 19.8 Å². The number of nitrogens with one attached hydrogen (secondary N) is 1. The number of amides is 3. The van der Waals surface area contributed by atoms with Crippen molar-refractivity contribution in [1.29, 1.82) is 0 Å². The van der Waals surface area contributed by atoms with Crippen LogP contribution in [0.4, 0.5) is 4.79 Å². The zero-order valence-electron chi connectivity index (χ0n) is 17.9. The highest BCUT2D eigenvalue weighted by Gasteiger charge is 2.53. The average Bonchev–Trinajstić information content (AvgIpc) is 3.20. The highest BCUT2D eigenvalue weighted by molar-refractivity contribution is 8.27. The number of carbonyl (C=O) groups excluding carboxylic acids is 2.